The van der Waals surface area contributed by atoms with Crippen molar-refractivity contribution in [1.82, 2.24) is 5.32 Å². The van der Waals surface area contributed by atoms with Gasteiger partial charge in [0.1, 0.15) is 11.5 Å². The van der Waals surface area contributed by atoms with Crippen LogP contribution in [0.1, 0.15) is 53.9 Å². The van der Waals surface area contributed by atoms with Gasteiger partial charge in [-0.3, -0.25) is 4.79 Å². The highest BCUT2D eigenvalue weighted by Gasteiger charge is 2.33. The highest BCUT2D eigenvalue weighted by molar-refractivity contribution is 5.52. The fourth-order valence-electron chi connectivity index (χ4n) is 1.96. The van der Waals surface area contributed by atoms with E-state index in [1.54, 1.807) is 0 Å². The first kappa shape index (κ1) is 18.7. The van der Waals surface area contributed by atoms with E-state index in [9.17, 15) is 9.59 Å². The summed E-state index contributed by atoms with van der Waals surface area (Å²) in [7, 11) is 0. The van der Waals surface area contributed by atoms with Gasteiger partial charge in [0.25, 0.3) is 6.47 Å². The SMILES string of the molecule is CC(C)(C)OC=O.CCOC1(CC)CCNC(=C=O)C1. The van der Waals surface area contributed by atoms with E-state index in [4.69, 9.17) is 4.74 Å². The molecule has 1 N–H and O–H groups in total. The molecule has 1 saturated heterocycles. The van der Waals surface area contributed by atoms with E-state index in [0.717, 1.165) is 19.4 Å². The molecule has 1 aliphatic rings. The van der Waals surface area contributed by atoms with E-state index in [1.165, 1.54) is 0 Å². The predicted molar refractivity (Wildman–Crippen MR) is 78.0 cm³/mol. The molecule has 0 bridgehead atoms. The molecule has 0 spiro atoms. The van der Waals surface area contributed by atoms with Crippen LogP contribution in [0.5, 0.6) is 0 Å². The first-order valence-electron chi connectivity index (χ1n) is 7.05. The number of piperidine rings is 1. The van der Waals surface area contributed by atoms with Crippen molar-refractivity contribution in [3.05, 3.63) is 5.70 Å². The van der Waals surface area contributed by atoms with Crippen LogP contribution in [0.4, 0.5) is 0 Å². The van der Waals surface area contributed by atoms with Gasteiger partial charge in [0.15, 0.2) is 0 Å². The number of carbonyl (C=O) groups excluding carboxylic acids is 2. The Balaban J connectivity index is 0.000000441. The molecule has 0 saturated carbocycles. The summed E-state index contributed by atoms with van der Waals surface area (Å²) in [5, 5.41) is 3.03. The highest BCUT2D eigenvalue weighted by atomic mass is 16.5. The number of rotatable bonds is 4. The molecule has 0 amide bonds. The fraction of sp³-hybridized carbons (Fsp3) is 0.800. The average Bonchev–Trinajstić information content (AvgIpc) is 2.38. The lowest BCUT2D eigenvalue weighted by Crippen LogP contribution is -2.42. The van der Waals surface area contributed by atoms with Crippen molar-refractivity contribution in [2.24, 2.45) is 0 Å². The summed E-state index contributed by atoms with van der Waals surface area (Å²) in [5.74, 6) is 1.93. The number of carbonyl (C=O) groups is 1. The summed E-state index contributed by atoms with van der Waals surface area (Å²) >= 11 is 0. The maximum absolute atomic E-state index is 10.5. The van der Waals surface area contributed by atoms with E-state index < -0.39 is 0 Å². The maximum atomic E-state index is 10.5. The largest absolute Gasteiger partial charge is 0.462 e. The summed E-state index contributed by atoms with van der Waals surface area (Å²) in [5.41, 5.74) is 0.218. The molecule has 116 valence electrons. The lowest BCUT2D eigenvalue weighted by atomic mass is 9.88. The molecule has 20 heavy (non-hydrogen) atoms. The Hall–Kier alpha value is -1.32. The van der Waals surface area contributed by atoms with Gasteiger partial charge in [0.2, 0.25) is 0 Å². The second-order valence-electron chi connectivity index (χ2n) is 5.73. The van der Waals surface area contributed by atoms with Crippen molar-refractivity contribution in [2.75, 3.05) is 13.2 Å². The van der Waals surface area contributed by atoms with Crippen LogP contribution < -0.4 is 5.32 Å². The fourth-order valence-corrected chi connectivity index (χ4v) is 1.96. The van der Waals surface area contributed by atoms with Gasteiger partial charge in [-0.2, -0.15) is 0 Å². The van der Waals surface area contributed by atoms with Crippen molar-refractivity contribution in [2.45, 2.75) is 65.1 Å². The van der Waals surface area contributed by atoms with Crippen LogP contribution in [-0.2, 0) is 19.1 Å². The second-order valence-corrected chi connectivity index (χ2v) is 5.73. The van der Waals surface area contributed by atoms with Gasteiger partial charge in [-0.15, -0.1) is 0 Å². The van der Waals surface area contributed by atoms with Crippen LogP contribution in [0.15, 0.2) is 5.70 Å². The number of ether oxygens (including phenoxy) is 2. The molecule has 1 heterocycles. The zero-order valence-corrected chi connectivity index (χ0v) is 13.2. The maximum Gasteiger partial charge on any atom is 0.293 e. The minimum absolute atomic E-state index is 0.118. The highest BCUT2D eigenvalue weighted by Crippen LogP contribution is 2.29. The molecule has 1 rings (SSSR count). The Morgan fingerprint density at radius 1 is 1.40 bits per heavy atom. The molecule has 1 aliphatic heterocycles. The Bertz CT molecular complexity index is 338. The number of hydrogen-bond donors (Lipinski definition) is 1. The van der Waals surface area contributed by atoms with Crippen LogP contribution in [0, 0.1) is 0 Å². The smallest absolute Gasteiger partial charge is 0.293 e. The first-order valence-corrected chi connectivity index (χ1v) is 7.05. The van der Waals surface area contributed by atoms with Gasteiger partial charge in [-0.05, 0) is 40.5 Å². The third-order valence-electron chi connectivity index (χ3n) is 3.04. The van der Waals surface area contributed by atoms with Gasteiger partial charge in [-0.25, -0.2) is 4.79 Å². The summed E-state index contributed by atoms with van der Waals surface area (Å²) in [6, 6.07) is 0. The topological polar surface area (TPSA) is 64.6 Å². The van der Waals surface area contributed by atoms with Crippen molar-refractivity contribution in [3.63, 3.8) is 0 Å². The Labute approximate surface area is 121 Å². The molecule has 1 atom stereocenters. The summed E-state index contributed by atoms with van der Waals surface area (Å²) in [6.07, 6.45) is 2.61. The van der Waals surface area contributed by atoms with Crippen molar-refractivity contribution < 1.29 is 19.1 Å². The quantitative estimate of drug-likeness (QED) is 0.634. The Morgan fingerprint density at radius 3 is 2.40 bits per heavy atom. The van der Waals surface area contributed by atoms with Gasteiger partial charge < -0.3 is 14.8 Å². The normalized spacial score (nSPS) is 21.9. The summed E-state index contributed by atoms with van der Waals surface area (Å²) < 4.78 is 10.3. The predicted octanol–water partition coefficient (Wildman–Crippen LogP) is 2.23. The van der Waals surface area contributed by atoms with Gasteiger partial charge >= 0.3 is 0 Å². The lowest BCUT2D eigenvalue weighted by molar-refractivity contribution is -0.138. The molecular formula is C15H27NO4. The van der Waals surface area contributed by atoms with E-state index in [-0.39, 0.29) is 11.2 Å². The average molecular weight is 285 g/mol. The van der Waals surface area contributed by atoms with Crippen LogP contribution in [0.3, 0.4) is 0 Å². The third-order valence-corrected chi connectivity index (χ3v) is 3.04. The van der Waals surface area contributed by atoms with E-state index in [0.29, 0.717) is 25.2 Å². The Kier molecular flexibility index (Phi) is 8.19. The zero-order chi connectivity index (χ0) is 15.6. The summed E-state index contributed by atoms with van der Waals surface area (Å²) in [4.78, 5) is 20.1. The van der Waals surface area contributed by atoms with Crippen LogP contribution in [0.2, 0.25) is 0 Å². The van der Waals surface area contributed by atoms with Gasteiger partial charge in [-0.1, -0.05) is 6.92 Å². The first-order chi connectivity index (χ1) is 9.32. The number of hydrogen-bond acceptors (Lipinski definition) is 5. The standard InChI is InChI=1S/C10H17NO2.C5H10O2/c1-3-10(13-4-2)5-6-11-9(7-10)8-12;1-5(2,3)7-4-6/h11H,3-7H2,1-2H3;4H,1-3H3. The molecule has 0 aromatic carbocycles. The van der Waals surface area contributed by atoms with Crippen molar-refractivity contribution in [3.8, 4) is 0 Å². The molecule has 5 nitrogen and oxygen atoms in total. The second kappa shape index (κ2) is 8.77. The molecule has 0 aromatic rings. The van der Waals surface area contributed by atoms with E-state index >= 15 is 0 Å². The molecule has 5 heteroatoms. The van der Waals surface area contributed by atoms with Gasteiger partial charge in [0.05, 0.1) is 11.3 Å². The minimum atomic E-state index is -0.318. The molecule has 0 aliphatic carbocycles. The van der Waals surface area contributed by atoms with E-state index in [1.807, 2.05) is 33.6 Å². The minimum Gasteiger partial charge on any atom is -0.462 e. The molecule has 1 unspecified atom stereocenters. The molecule has 0 radical (unpaired) electrons. The summed E-state index contributed by atoms with van der Waals surface area (Å²) in [6.45, 7) is 11.5. The van der Waals surface area contributed by atoms with Crippen LogP contribution >= 0.6 is 0 Å². The monoisotopic (exact) mass is 285 g/mol. The Morgan fingerprint density at radius 2 is 2.05 bits per heavy atom. The molecular weight excluding hydrogens is 258 g/mol. The lowest BCUT2D eigenvalue weighted by Gasteiger charge is -2.36. The van der Waals surface area contributed by atoms with Crippen LogP contribution in [-0.4, -0.2) is 36.8 Å². The molecule has 0 aromatic heterocycles. The third kappa shape index (κ3) is 7.31. The number of nitrogens with one attached hydrogen (secondary N) is 1. The van der Waals surface area contributed by atoms with Crippen molar-refractivity contribution in [1.29, 1.82) is 0 Å². The molecule has 1 fully saturated rings. The van der Waals surface area contributed by atoms with Crippen LogP contribution in [0.25, 0.3) is 0 Å². The zero-order valence-electron chi connectivity index (χ0n) is 13.2. The van der Waals surface area contributed by atoms with Crippen molar-refractivity contribution >= 4 is 12.4 Å². The van der Waals surface area contributed by atoms with E-state index in [2.05, 4.69) is 17.0 Å². The van der Waals surface area contributed by atoms with Gasteiger partial charge in [0, 0.05) is 19.6 Å².